The van der Waals surface area contributed by atoms with Crippen LogP contribution < -0.4 is 10.8 Å². The van der Waals surface area contributed by atoms with E-state index in [1.165, 1.54) is 12.1 Å². The highest BCUT2D eigenvalue weighted by Crippen LogP contribution is 2.28. The lowest BCUT2D eigenvalue weighted by atomic mass is 9.76. The summed E-state index contributed by atoms with van der Waals surface area (Å²) in [6.45, 7) is 0.147. The van der Waals surface area contributed by atoms with Gasteiger partial charge in [-0.1, -0.05) is 51.3 Å². The molecule has 0 spiro atoms. The first kappa shape index (κ1) is 21.1. The van der Waals surface area contributed by atoms with Gasteiger partial charge in [0.25, 0.3) is 11.6 Å². The second-order valence-electron chi connectivity index (χ2n) is 6.04. The molecule has 7 nitrogen and oxygen atoms in total. The summed E-state index contributed by atoms with van der Waals surface area (Å²) in [5.41, 5.74) is 1.41. The Kier molecular flexibility index (Phi) is 6.95. The van der Waals surface area contributed by atoms with Crippen LogP contribution in [0.3, 0.4) is 0 Å². The number of hydrogen-bond donors (Lipinski definition) is 1. The maximum atomic E-state index is 11.9. The van der Waals surface area contributed by atoms with Gasteiger partial charge in [0.1, 0.15) is 0 Å². The molecule has 2 atom stereocenters. The van der Waals surface area contributed by atoms with Gasteiger partial charge in [-0.15, -0.1) is 0 Å². The predicted octanol–water partition coefficient (Wildman–Crippen LogP) is 3.13. The van der Waals surface area contributed by atoms with Gasteiger partial charge in [-0.2, -0.15) is 0 Å². The van der Waals surface area contributed by atoms with E-state index in [9.17, 15) is 14.9 Å². The average Bonchev–Trinajstić information content (AvgIpc) is 2.69. The minimum atomic E-state index is -1.23. The lowest BCUT2D eigenvalue weighted by molar-refractivity contribution is -0.384. The van der Waals surface area contributed by atoms with Gasteiger partial charge >= 0.3 is 7.12 Å². The Morgan fingerprint density at radius 3 is 2.43 bits per heavy atom. The third-order valence-electron chi connectivity index (χ3n) is 4.16. The fourth-order valence-electron chi connectivity index (χ4n) is 2.80. The molecular formula is C17H14BBrCl2N2O5. The molecule has 1 aliphatic rings. The average molecular weight is 488 g/mol. The molecule has 3 rings (SSSR count). The molecule has 2 unspecified atom stereocenters. The van der Waals surface area contributed by atoms with Gasteiger partial charge in [0.2, 0.25) is 0 Å². The van der Waals surface area contributed by atoms with Crippen molar-refractivity contribution in [2.75, 3.05) is 6.61 Å². The third kappa shape index (κ3) is 5.04. The van der Waals surface area contributed by atoms with E-state index in [1.54, 1.807) is 12.1 Å². The molecule has 0 radical (unpaired) electrons. The number of halogens is 3. The predicted molar refractivity (Wildman–Crippen MR) is 110 cm³/mol. The quantitative estimate of drug-likeness (QED) is 0.303. The van der Waals surface area contributed by atoms with Crippen LogP contribution in [-0.4, -0.2) is 35.4 Å². The van der Waals surface area contributed by atoms with Crippen LogP contribution in [0.15, 0.2) is 53.0 Å². The van der Waals surface area contributed by atoms with E-state index in [0.29, 0.717) is 5.56 Å². The SMILES string of the molecule is O=C(NC1COB(c2ccc(Br)cc2)OC1c1ccc([N+](=O)[O-])cc1)C(Cl)Cl. The molecular weight excluding hydrogens is 474 g/mol. The number of amides is 1. The molecule has 2 aromatic carbocycles. The molecule has 1 amide bonds. The number of nitrogens with one attached hydrogen (secondary N) is 1. The highest BCUT2D eigenvalue weighted by atomic mass is 79.9. The first-order valence-electron chi connectivity index (χ1n) is 8.20. The number of nitro groups is 1. The largest absolute Gasteiger partial charge is 0.494 e. The molecule has 1 fully saturated rings. The maximum absolute atomic E-state index is 11.9. The number of nitrogens with zero attached hydrogens (tertiary/aromatic N) is 1. The lowest BCUT2D eigenvalue weighted by Crippen LogP contribution is -2.54. The lowest BCUT2D eigenvalue weighted by Gasteiger charge is -2.36. The fraction of sp³-hybridized carbons (Fsp3) is 0.235. The maximum Gasteiger partial charge on any atom is 0.494 e. The van der Waals surface area contributed by atoms with E-state index in [0.717, 1.165) is 9.94 Å². The zero-order chi connectivity index (χ0) is 20.3. The molecule has 0 saturated carbocycles. The Bertz CT molecular complexity index is 854. The highest BCUT2D eigenvalue weighted by molar-refractivity contribution is 9.10. The van der Waals surface area contributed by atoms with Crippen LogP contribution in [0.1, 0.15) is 11.7 Å². The summed E-state index contributed by atoms with van der Waals surface area (Å²) >= 11 is 14.6. The Labute approximate surface area is 179 Å². The van der Waals surface area contributed by atoms with E-state index in [2.05, 4.69) is 21.2 Å². The van der Waals surface area contributed by atoms with Crippen molar-refractivity contribution in [3.63, 3.8) is 0 Å². The van der Waals surface area contributed by atoms with Crippen LogP contribution in [0.5, 0.6) is 0 Å². The van der Waals surface area contributed by atoms with Gasteiger partial charge in [0.15, 0.2) is 4.84 Å². The first-order chi connectivity index (χ1) is 13.3. The molecule has 1 saturated heterocycles. The third-order valence-corrected chi connectivity index (χ3v) is 5.09. The molecule has 1 heterocycles. The Hall–Kier alpha value is -1.65. The van der Waals surface area contributed by atoms with Crippen molar-refractivity contribution in [3.05, 3.63) is 68.7 Å². The summed E-state index contributed by atoms with van der Waals surface area (Å²) in [5, 5.41) is 13.6. The number of rotatable bonds is 5. The van der Waals surface area contributed by atoms with E-state index in [1.807, 2.05) is 24.3 Å². The molecule has 11 heteroatoms. The standard InChI is InChI=1S/C17H14BBrCl2N2O5/c19-12-5-3-11(4-6-12)18-27-9-14(22-17(24)16(20)21)15(28-18)10-1-7-13(8-2-10)23(25)26/h1-8,14-16H,9H2,(H,22,24). The summed E-state index contributed by atoms with van der Waals surface area (Å²) in [7, 11) is -0.663. The van der Waals surface area contributed by atoms with Crippen LogP contribution in [0, 0.1) is 10.1 Å². The van der Waals surface area contributed by atoms with Crippen LogP contribution in [0.2, 0.25) is 0 Å². The van der Waals surface area contributed by atoms with Crippen LogP contribution in [-0.2, 0) is 14.1 Å². The van der Waals surface area contributed by atoms with E-state index >= 15 is 0 Å². The van der Waals surface area contributed by atoms with Crippen molar-refractivity contribution in [1.29, 1.82) is 0 Å². The highest BCUT2D eigenvalue weighted by Gasteiger charge is 2.38. The summed E-state index contributed by atoms with van der Waals surface area (Å²) in [5.74, 6) is -0.575. The van der Waals surface area contributed by atoms with Gasteiger partial charge in [-0.25, -0.2) is 0 Å². The number of carbonyl (C=O) groups is 1. The van der Waals surface area contributed by atoms with Crippen LogP contribution in [0.4, 0.5) is 5.69 Å². The smallest absolute Gasteiger partial charge is 0.405 e. The minimum Gasteiger partial charge on any atom is -0.405 e. The number of non-ortho nitro benzene ring substituents is 1. The van der Waals surface area contributed by atoms with Crippen molar-refractivity contribution in [2.45, 2.75) is 17.0 Å². The molecule has 0 aromatic heterocycles. The summed E-state index contributed by atoms with van der Waals surface area (Å²) in [4.78, 5) is 21.1. The molecule has 0 aliphatic carbocycles. The number of alkyl halides is 2. The van der Waals surface area contributed by atoms with Gasteiger partial charge in [0.05, 0.1) is 23.7 Å². The number of nitro benzene ring substituents is 1. The van der Waals surface area contributed by atoms with Gasteiger partial charge in [-0.3, -0.25) is 14.9 Å². The minimum absolute atomic E-state index is 0.0394. The molecule has 146 valence electrons. The van der Waals surface area contributed by atoms with E-state index in [-0.39, 0.29) is 12.3 Å². The monoisotopic (exact) mass is 486 g/mol. The molecule has 2 aromatic rings. The Morgan fingerprint density at radius 2 is 1.86 bits per heavy atom. The second-order valence-corrected chi connectivity index (χ2v) is 8.05. The van der Waals surface area contributed by atoms with Gasteiger partial charge in [-0.05, 0) is 35.3 Å². The zero-order valence-corrected chi connectivity index (χ0v) is 17.4. The second kappa shape index (κ2) is 9.24. The summed E-state index contributed by atoms with van der Waals surface area (Å²) in [6, 6.07) is 12.8. The van der Waals surface area contributed by atoms with Crippen molar-refractivity contribution in [2.24, 2.45) is 0 Å². The van der Waals surface area contributed by atoms with Crippen molar-refractivity contribution < 1.29 is 19.0 Å². The van der Waals surface area contributed by atoms with Gasteiger partial charge < -0.3 is 14.6 Å². The summed E-state index contributed by atoms with van der Waals surface area (Å²) in [6.07, 6.45) is -0.612. The Balaban J connectivity index is 1.86. The number of hydrogen-bond acceptors (Lipinski definition) is 5. The normalized spacial score (nSPS) is 19.5. The van der Waals surface area contributed by atoms with Gasteiger partial charge in [0, 0.05) is 16.6 Å². The summed E-state index contributed by atoms with van der Waals surface area (Å²) < 4.78 is 12.8. The molecule has 1 N–H and O–H groups in total. The van der Waals surface area contributed by atoms with Crippen molar-refractivity contribution in [1.82, 2.24) is 5.32 Å². The van der Waals surface area contributed by atoms with Crippen LogP contribution in [0.25, 0.3) is 0 Å². The van der Waals surface area contributed by atoms with Crippen molar-refractivity contribution >= 4 is 63.3 Å². The van der Waals surface area contributed by atoms with Crippen molar-refractivity contribution in [3.8, 4) is 0 Å². The Morgan fingerprint density at radius 1 is 1.21 bits per heavy atom. The molecule has 0 bridgehead atoms. The fourth-order valence-corrected chi connectivity index (χ4v) is 3.19. The van der Waals surface area contributed by atoms with E-state index < -0.39 is 34.9 Å². The number of benzene rings is 2. The molecule has 28 heavy (non-hydrogen) atoms. The topological polar surface area (TPSA) is 90.7 Å². The first-order valence-corrected chi connectivity index (χ1v) is 9.87. The molecule has 1 aliphatic heterocycles. The zero-order valence-electron chi connectivity index (χ0n) is 14.3. The van der Waals surface area contributed by atoms with Crippen LogP contribution >= 0.6 is 39.1 Å². The van der Waals surface area contributed by atoms with E-state index in [4.69, 9.17) is 32.5 Å². The number of carbonyl (C=O) groups excluding carboxylic acids is 1.